The minimum atomic E-state index is -0.332. The van der Waals surface area contributed by atoms with Crippen molar-refractivity contribution in [2.45, 2.75) is 26.3 Å². The summed E-state index contributed by atoms with van der Waals surface area (Å²) in [7, 11) is 0. The molecular formula is C14H16N2O2S. The van der Waals surface area contributed by atoms with E-state index in [1.54, 1.807) is 18.3 Å². The lowest BCUT2D eigenvalue weighted by molar-refractivity contribution is 0.0935. The van der Waals surface area contributed by atoms with Crippen LogP contribution in [0.3, 0.4) is 0 Å². The largest absolute Gasteiger partial charge is 0.364 e. The Kier molecular flexibility index (Phi) is 4.16. The number of amides is 1. The molecule has 0 aliphatic rings. The maximum Gasteiger partial charge on any atom is 0.257 e. The van der Waals surface area contributed by atoms with Gasteiger partial charge in [-0.3, -0.25) is 9.59 Å². The van der Waals surface area contributed by atoms with E-state index in [-0.39, 0.29) is 22.9 Å². The summed E-state index contributed by atoms with van der Waals surface area (Å²) in [6.45, 7) is 3.79. The van der Waals surface area contributed by atoms with E-state index in [4.69, 9.17) is 0 Å². The zero-order valence-electron chi connectivity index (χ0n) is 10.9. The van der Waals surface area contributed by atoms with Crippen LogP contribution in [0.1, 0.15) is 40.3 Å². The molecule has 0 saturated carbocycles. The van der Waals surface area contributed by atoms with Gasteiger partial charge in [-0.2, -0.15) is 0 Å². The lowest BCUT2D eigenvalue weighted by atomic mass is 10.1. The van der Waals surface area contributed by atoms with Gasteiger partial charge in [0.1, 0.15) is 5.56 Å². The van der Waals surface area contributed by atoms with Gasteiger partial charge in [0, 0.05) is 22.8 Å². The Hall–Kier alpha value is -1.88. The Morgan fingerprint density at radius 3 is 2.89 bits per heavy atom. The third kappa shape index (κ3) is 3.12. The molecule has 1 atom stereocenters. The molecule has 0 aliphatic heterocycles. The van der Waals surface area contributed by atoms with Crippen molar-refractivity contribution < 1.29 is 4.79 Å². The van der Waals surface area contributed by atoms with Crippen LogP contribution in [0.15, 0.2) is 34.6 Å². The third-order valence-corrected chi connectivity index (χ3v) is 3.89. The highest BCUT2D eigenvalue weighted by molar-refractivity contribution is 7.10. The molecule has 1 unspecified atom stereocenters. The van der Waals surface area contributed by atoms with E-state index < -0.39 is 0 Å². The summed E-state index contributed by atoms with van der Waals surface area (Å²) in [4.78, 5) is 27.9. The minimum absolute atomic E-state index is 0.0480. The van der Waals surface area contributed by atoms with Gasteiger partial charge in [-0.1, -0.05) is 13.0 Å². The van der Waals surface area contributed by atoms with Crippen LogP contribution in [0.5, 0.6) is 0 Å². The van der Waals surface area contributed by atoms with Crippen LogP contribution < -0.4 is 10.7 Å². The number of thiophene rings is 1. The first-order chi connectivity index (χ1) is 9.11. The second kappa shape index (κ2) is 5.84. The van der Waals surface area contributed by atoms with E-state index in [0.29, 0.717) is 0 Å². The van der Waals surface area contributed by atoms with Gasteiger partial charge in [0.2, 0.25) is 0 Å². The maximum absolute atomic E-state index is 12.1. The fraction of sp³-hybridized carbons (Fsp3) is 0.286. The van der Waals surface area contributed by atoms with Crippen molar-refractivity contribution in [3.63, 3.8) is 0 Å². The van der Waals surface area contributed by atoms with Crippen molar-refractivity contribution in [3.05, 3.63) is 56.1 Å². The van der Waals surface area contributed by atoms with Crippen molar-refractivity contribution in [2.24, 2.45) is 0 Å². The number of rotatable bonds is 4. The molecule has 0 spiro atoms. The van der Waals surface area contributed by atoms with Gasteiger partial charge in [0.05, 0.1) is 6.04 Å². The number of carbonyl (C=O) groups excluding carboxylic acids is 1. The molecule has 0 fully saturated rings. The molecule has 2 heterocycles. The third-order valence-electron chi connectivity index (χ3n) is 2.90. The highest BCUT2D eigenvalue weighted by atomic mass is 32.1. The number of hydrogen-bond donors (Lipinski definition) is 2. The summed E-state index contributed by atoms with van der Waals surface area (Å²) in [6.07, 6.45) is 2.25. The smallest absolute Gasteiger partial charge is 0.257 e. The van der Waals surface area contributed by atoms with Crippen LogP contribution in [0, 0.1) is 6.92 Å². The van der Waals surface area contributed by atoms with Gasteiger partial charge in [-0.05, 0) is 24.8 Å². The molecule has 100 valence electrons. The van der Waals surface area contributed by atoms with E-state index in [0.717, 1.165) is 17.0 Å². The SMILES string of the molecule is CCC(NC(=O)c1c[nH]c(C)cc1=O)c1cccs1. The molecule has 0 aromatic carbocycles. The number of hydrogen-bond acceptors (Lipinski definition) is 3. The molecule has 2 rings (SSSR count). The Bertz CT molecular complexity index is 617. The van der Waals surface area contributed by atoms with Crippen LogP contribution in [-0.2, 0) is 0 Å². The summed E-state index contributed by atoms with van der Waals surface area (Å²) in [5.74, 6) is -0.332. The standard InChI is InChI=1S/C14H16N2O2S/c1-3-11(13-5-4-6-19-13)16-14(18)10-8-15-9(2)7-12(10)17/h4-8,11H,3H2,1-2H3,(H,15,17)(H,16,18). The second-order valence-electron chi connectivity index (χ2n) is 4.34. The molecule has 5 heteroatoms. The molecule has 0 bridgehead atoms. The van der Waals surface area contributed by atoms with Crippen LogP contribution in [0.25, 0.3) is 0 Å². The molecule has 0 radical (unpaired) electrons. The number of pyridine rings is 1. The van der Waals surface area contributed by atoms with Gasteiger partial charge in [0.25, 0.3) is 5.91 Å². The van der Waals surface area contributed by atoms with Crippen molar-refractivity contribution >= 4 is 17.2 Å². The summed E-state index contributed by atoms with van der Waals surface area (Å²) in [6, 6.07) is 5.32. The highest BCUT2D eigenvalue weighted by Crippen LogP contribution is 2.21. The summed E-state index contributed by atoms with van der Waals surface area (Å²) in [5, 5.41) is 4.87. The quantitative estimate of drug-likeness (QED) is 0.901. The lowest BCUT2D eigenvalue weighted by Crippen LogP contribution is -2.31. The normalized spacial score (nSPS) is 12.1. The monoisotopic (exact) mass is 276 g/mol. The van der Waals surface area contributed by atoms with E-state index in [2.05, 4.69) is 10.3 Å². The Balaban J connectivity index is 2.18. The van der Waals surface area contributed by atoms with Crippen LogP contribution in [0.4, 0.5) is 0 Å². The summed E-state index contributed by atoms with van der Waals surface area (Å²) >= 11 is 1.60. The fourth-order valence-electron chi connectivity index (χ4n) is 1.85. The molecule has 19 heavy (non-hydrogen) atoms. The van der Waals surface area contributed by atoms with Crippen LogP contribution >= 0.6 is 11.3 Å². The molecule has 1 amide bonds. The molecule has 2 aromatic heterocycles. The summed E-state index contributed by atoms with van der Waals surface area (Å²) < 4.78 is 0. The minimum Gasteiger partial charge on any atom is -0.364 e. The first-order valence-electron chi connectivity index (χ1n) is 6.15. The maximum atomic E-state index is 12.1. The molecule has 2 N–H and O–H groups in total. The van der Waals surface area contributed by atoms with Gasteiger partial charge in [-0.15, -0.1) is 11.3 Å². The molecule has 2 aromatic rings. The number of aromatic nitrogens is 1. The topological polar surface area (TPSA) is 62.0 Å². The predicted molar refractivity (Wildman–Crippen MR) is 76.6 cm³/mol. The fourth-order valence-corrected chi connectivity index (χ4v) is 2.71. The van der Waals surface area contributed by atoms with Gasteiger partial charge in [-0.25, -0.2) is 0 Å². The van der Waals surface area contributed by atoms with Gasteiger partial charge < -0.3 is 10.3 Å². The Morgan fingerprint density at radius 2 is 2.32 bits per heavy atom. The zero-order valence-corrected chi connectivity index (χ0v) is 11.7. The van der Waals surface area contributed by atoms with Crippen LogP contribution in [0.2, 0.25) is 0 Å². The first kappa shape index (κ1) is 13.5. The predicted octanol–water partition coefficient (Wildman–Crippen LogP) is 2.63. The number of carbonyl (C=O) groups is 1. The van der Waals surface area contributed by atoms with Gasteiger partial charge >= 0.3 is 0 Å². The number of nitrogens with one attached hydrogen (secondary N) is 2. The zero-order chi connectivity index (χ0) is 13.8. The van der Waals surface area contributed by atoms with Crippen molar-refractivity contribution in [1.29, 1.82) is 0 Å². The van der Waals surface area contributed by atoms with E-state index in [1.165, 1.54) is 12.3 Å². The van der Waals surface area contributed by atoms with Crippen molar-refractivity contribution in [1.82, 2.24) is 10.3 Å². The summed E-state index contributed by atoms with van der Waals surface area (Å²) in [5.41, 5.74) is 0.641. The van der Waals surface area contributed by atoms with Crippen molar-refractivity contribution in [3.8, 4) is 0 Å². The van der Waals surface area contributed by atoms with Crippen molar-refractivity contribution in [2.75, 3.05) is 0 Å². The van der Waals surface area contributed by atoms with E-state index in [1.807, 2.05) is 24.4 Å². The highest BCUT2D eigenvalue weighted by Gasteiger charge is 2.16. The Morgan fingerprint density at radius 1 is 1.53 bits per heavy atom. The number of H-pyrrole nitrogens is 1. The molecule has 0 saturated heterocycles. The second-order valence-corrected chi connectivity index (χ2v) is 5.32. The number of aromatic amines is 1. The average Bonchev–Trinajstić information content (AvgIpc) is 2.89. The lowest BCUT2D eigenvalue weighted by Gasteiger charge is -2.15. The molecule has 4 nitrogen and oxygen atoms in total. The molecule has 0 aliphatic carbocycles. The number of aryl methyl sites for hydroxylation is 1. The molecular weight excluding hydrogens is 260 g/mol. The van der Waals surface area contributed by atoms with E-state index >= 15 is 0 Å². The Labute approximate surface area is 115 Å². The average molecular weight is 276 g/mol. The van der Waals surface area contributed by atoms with Crippen LogP contribution in [-0.4, -0.2) is 10.9 Å². The first-order valence-corrected chi connectivity index (χ1v) is 7.03. The van der Waals surface area contributed by atoms with Gasteiger partial charge in [0.15, 0.2) is 5.43 Å². The van der Waals surface area contributed by atoms with E-state index in [9.17, 15) is 9.59 Å².